The number of rotatable bonds is 3. The van der Waals surface area contributed by atoms with Gasteiger partial charge in [0.1, 0.15) is 0 Å². The number of thiazole rings is 1. The van der Waals surface area contributed by atoms with Gasteiger partial charge in [-0.2, -0.15) is 4.99 Å². The van der Waals surface area contributed by atoms with Crippen LogP contribution in [-0.4, -0.2) is 10.5 Å². The molecule has 1 aromatic heterocycles. The summed E-state index contributed by atoms with van der Waals surface area (Å²) in [6.45, 7) is 8.66. The summed E-state index contributed by atoms with van der Waals surface area (Å²) < 4.78 is 3.21. The number of hydrogen-bond donors (Lipinski definition) is 0. The third kappa shape index (κ3) is 3.24. The van der Waals surface area contributed by atoms with Crippen LogP contribution < -0.4 is 4.80 Å². The van der Waals surface area contributed by atoms with E-state index in [4.69, 9.17) is 0 Å². The van der Waals surface area contributed by atoms with Gasteiger partial charge in [0.15, 0.2) is 4.80 Å². The molecule has 134 valence electrons. The molecule has 1 amide bonds. The van der Waals surface area contributed by atoms with Crippen LogP contribution in [0.3, 0.4) is 0 Å². The van der Waals surface area contributed by atoms with E-state index in [1.807, 2.05) is 48.5 Å². The maximum atomic E-state index is 12.8. The number of carbonyl (C=O) groups is 1. The van der Waals surface area contributed by atoms with Gasteiger partial charge in [-0.1, -0.05) is 53.8 Å². The Balaban J connectivity index is 1.87. The van der Waals surface area contributed by atoms with Gasteiger partial charge in [0, 0.05) is 12.1 Å². The van der Waals surface area contributed by atoms with Crippen LogP contribution in [0.2, 0.25) is 0 Å². The van der Waals surface area contributed by atoms with Crippen LogP contribution >= 0.6 is 11.3 Å². The van der Waals surface area contributed by atoms with Crippen molar-refractivity contribution in [3.8, 4) is 0 Å². The number of fused-ring (bicyclic) bond motifs is 2. The Morgan fingerprint density at radius 1 is 1.11 bits per heavy atom. The standard InChI is InChI=1S/C23H20N2OS/c1-4-11-25-21-16(3)12-15(2)13-20(21)27-23(25)24-22(26)19-10-9-17-7-5-6-8-18(17)14-19/h4-10,12-14H,1,11H2,2-3H3. The van der Waals surface area contributed by atoms with Crippen LogP contribution in [0, 0.1) is 13.8 Å². The molecule has 0 aliphatic carbocycles. The first-order valence-electron chi connectivity index (χ1n) is 8.86. The minimum atomic E-state index is -0.223. The molecule has 0 aliphatic rings. The Morgan fingerprint density at radius 2 is 1.89 bits per heavy atom. The zero-order valence-electron chi connectivity index (χ0n) is 15.4. The average Bonchev–Trinajstić information content (AvgIpc) is 2.98. The fraction of sp³-hybridized carbons (Fsp3) is 0.130. The summed E-state index contributed by atoms with van der Waals surface area (Å²) in [6, 6.07) is 18.0. The van der Waals surface area contributed by atoms with Gasteiger partial charge in [0.05, 0.1) is 10.2 Å². The number of aryl methyl sites for hydroxylation is 2. The second kappa shape index (κ2) is 6.97. The second-order valence-electron chi connectivity index (χ2n) is 6.69. The average molecular weight is 372 g/mol. The zero-order chi connectivity index (χ0) is 19.0. The van der Waals surface area contributed by atoms with E-state index in [0.717, 1.165) is 21.0 Å². The number of allylic oxidation sites excluding steroid dienone is 1. The molecule has 4 aromatic rings. The zero-order valence-corrected chi connectivity index (χ0v) is 16.2. The SMILES string of the molecule is C=CCn1c(=NC(=O)c2ccc3ccccc3c2)sc2cc(C)cc(C)c21. The van der Waals surface area contributed by atoms with E-state index in [1.54, 1.807) is 11.3 Å². The highest BCUT2D eigenvalue weighted by molar-refractivity contribution is 7.16. The molecule has 0 bridgehead atoms. The molecule has 0 N–H and O–H groups in total. The number of carbonyl (C=O) groups excluding carboxylic acids is 1. The van der Waals surface area contributed by atoms with Crippen molar-refractivity contribution in [1.82, 2.24) is 4.57 Å². The molecule has 0 atom stereocenters. The molecule has 0 saturated heterocycles. The quantitative estimate of drug-likeness (QED) is 0.443. The molecule has 0 spiro atoms. The Morgan fingerprint density at radius 3 is 2.67 bits per heavy atom. The maximum Gasteiger partial charge on any atom is 0.279 e. The van der Waals surface area contributed by atoms with Gasteiger partial charge in [0.25, 0.3) is 5.91 Å². The van der Waals surface area contributed by atoms with Crippen LogP contribution in [0.4, 0.5) is 0 Å². The minimum absolute atomic E-state index is 0.223. The van der Waals surface area contributed by atoms with E-state index in [2.05, 4.69) is 42.1 Å². The Labute approximate surface area is 161 Å². The number of hydrogen-bond acceptors (Lipinski definition) is 2. The molecule has 0 fully saturated rings. The van der Waals surface area contributed by atoms with Crippen molar-refractivity contribution >= 4 is 38.2 Å². The highest BCUT2D eigenvalue weighted by Gasteiger charge is 2.11. The van der Waals surface area contributed by atoms with Crippen LogP contribution in [-0.2, 0) is 6.54 Å². The Bertz CT molecular complexity index is 1260. The Kier molecular flexibility index (Phi) is 4.50. The summed E-state index contributed by atoms with van der Waals surface area (Å²) in [5.41, 5.74) is 4.11. The van der Waals surface area contributed by atoms with Crippen molar-refractivity contribution in [1.29, 1.82) is 0 Å². The van der Waals surface area contributed by atoms with Gasteiger partial charge < -0.3 is 4.57 Å². The number of nitrogens with zero attached hydrogens (tertiary/aromatic N) is 2. The van der Waals surface area contributed by atoms with Crippen molar-refractivity contribution < 1.29 is 4.79 Å². The van der Waals surface area contributed by atoms with Crippen molar-refractivity contribution in [2.24, 2.45) is 4.99 Å². The predicted molar refractivity (Wildman–Crippen MR) is 113 cm³/mol. The predicted octanol–water partition coefficient (Wildman–Crippen LogP) is 5.40. The molecule has 1 heterocycles. The lowest BCUT2D eigenvalue weighted by atomic mass is 10.1. The van der Waals surface area contributed by atoms with E-state index in [-0.39, 0.29) is 5.91 Å². The highest BCUT2D eigenvalue weighted by atomic mass is 32.1. The minimum Gasteiger partial charge on any atom is -0.312 e. The molecule has 27 heavy (non-hydrogen) atoms. The second-order valence-corrected chi connectivity index (χ2v) is 7.70. The first kappa shape index (κ1) is 17.4. The molecule has 0 radical (unpaired) electrons. The summed E-state index contributed by atoms with van der Waals surface area (Å²) in [5.74, 6) is -0.223. The van der Waals surface area contributed by atoms with Crippen molar-refractivity contribution in [2.75, 3.05) is 0 Å². The molecule has 0 saturated carbocycles. The number of aromatic nitrogens is 1. The summed E-state index contributed by atoms with van der Waals surface area (Å²) in [7, 11) is 0. The van der Waals surface area contributed by atoms with Crippen molar-refractivity contribution in [3.63, 3.8) is 0 Å². The first-order valence-corrected chi connectivity index (χ1v) is 9.68. The maximum absolute atomic E-state index is 12.8. The van der Waals surface area contributed by atoms with E-state index >= 15 is 0 Å². The van der Waals surface area contributed by atoms with E-state index in [0.29, 0.717) is 16.9 Å². The van der Waals surface area contributed by atoms with Crippen LogP contribution in [0.1, 0.15) is 21.5 Å². The van der Waals surface area contributed by atoms with E-state index < -0.39 is 0 Å². The summed E-state index contributed by atoms with van der Waals surface area (Å²) in [5, 5.41) is 2.16. The molecule has 4 rings (SSSR count). The number of benzene rings is 3. The van der Waals surface area contributed by atoms with Gasteiger partial charge in [-0.25, -0.2) is 0 Å². The molecule has 4 heteroatoms. The van der Waals surface area contributed by atoms with Crippen LogP contribution in [0.25, 0.3) is 21.0 Å². The lowest BCUT2D eigenvalue weighted by molar-refractivity contribution is 0.0998. The molecule has 0 aliphatic heterocycles. The van der Waals surface area contributed by atoms with Gasteiger partial charge in [0.2, 0.25) is 0 Å². The fourth-order valence-electron chi connectivity index (χ4n) is 3.45. The molecular weight excluding hydrogens is 352 g/mol. The smallest absolute Gasteiger partial charge is 0.279 e. The summed E-state index contributed by atoms with van der Waals surface area (Å²) in [4.78, 5) is 18.0. The van der Waals surface area contributed by atoms with Crippen LogP contribution in [0.5, 0.6) is 0 Å². The van der Waals surface area contributed by atoms with Crippen molar-refractivity contribution in [2.45, 2.75) is 20.4 Å². The Hall–Kier alpha value is -2.98. The molecule has 0 unspecified atom stereocenters. The highest BCUT2D eigenvalue weighted by Crippen LogP contribution is 2.23. The van der Waals surface area contributed by atoms with E-state index in [1.165, 1.54) is 11.1 Å². The third-order valence-corrected chi connectivity index (χ3v) is 5.64. The third-order valence-electron chi connectivity index (χ3n) is 4.62. The van der Waals surface area contributed by atoms with E-state index in [9.17, 15) is 4.79 Å². The van der Waals surface area contributed by atoms with Crippen LogP contribution in [0.15, 0.2) is 72.2 Å². The summed E-state index contributed by atoms with van der Waals surface area (Å²) >= 11 is 1.55. The lowest BCUT2D eigenvalue weighted by Crippen LogP contribution is -2.16. The van der Waals surface area contributed by atoms with Gasteiger partial charge in [-0.3, -0.25) is 4.79 Å². The first-order chi connectivity index (χ1) is 13.1. The largest absolute Gasteiger partial charge is 0.312 e. The topological polar surface area (TPSA) is 34.4 Å². The van der Waals surface area contributed by atoms with Gasteiger partial charge in [-0.05, 0) is 53.9 Å². The van der Waals surface area contributed by atoms with Crippen molar-refractivity contribution in [3.05, 3.63) is 88.7 Å². The number of amides is 1. The van der Waals surface area contributed by atoms with Gasteiger partial charge >= 0.3 is 0 Å². The fourth-order valence-corrected chi connectivity index (χ4v) is 4.66. The molecule has 3 aromatic carbocycles. The molecule has 3 nitrogen and oxygen atoms in total. The normalized spacial score (nSPS) is 12.0. The monoisotopic (exact) mass is 372 g/mol. The molecular formula is C23H20N2OS. The van der Waals surface area contributed by atoms with Gasteiger partial charge in [-0.15, -0.1) is 6.58 Å². The lowest BCUT2D eigenvalue weighted by Gasteiger charge is -2.05. The summed E-state index contributed by atoms with van der Waals surface area (Å²) in [6.07, 6.45) is 1.84.